The molecular formula is C12H16F3N3. The molecule has 2 atom stereocenters. The van der Waals surface area contributed by atoms with Gasteiger partial charge in [0.2, 0.25) is 0 Å². The Morgan fingerprint density at radius 1 is 1.50 bits per heavy atom. The first kappa shape index (κ1) is 13.3. The van der Waals surface area contributed by atoms with Gasteiger partial charge in [-0.1, -0.05) is 6.07 Å². The van der Waals surface area contributed by atoms with E-state index in [2.05, 4.69) is 10.4 Å². The summed E-state index contributed by atoms with van der Waals surface area (Å²) in [4.78, 5) is 4.28. The van der Waals surface area contributed by atoms with E-state index in [1.807, 2.05) is 12.1 Å². The van der Waals surface area contributed by atoms with Crippen LogP contribution in [-0.2, 0) is 6.42 Å². The van der Waals surface area contributed by atoms with Gasteiger partial charge in [-0.3, -0.25) is 16.3 Å². The third-order valence-electron chi connectivity index (χ3n) is 3.44. The third-order valence-corrected chi connectivity index (χ3v) is 3.44. The lowest BCUT2D eigenvalue weighted by atomic mass is 9.93. The van der Waals surface area contributed by atoms with E-state index in [1.54, 1.807) is 6.20 Å². The van der Waals surface area contributed by atoms with Crippen LogP contribution in [0.3, 0.4) is 0 Å². The monoisotopic (exact) mass is 259 g/mol. The van der Waals surface area contributed by atoms with Crippen molar-refractivity contribution in [2.75, 3.05) is 0 Å². The first-order chi connectivity index (χ1) is 8.51. The van der Waals surface area contributed by atoms with Crippen molar-refractivity contribution in [3.05, 3.63) is 29.6 Å². The second-order valence-electron chi connectivity index (χ2n) is 4.62. The standard InChI is InChI=1S/C12H16F3N3/c13-12(14,15)6-5-10(18-16)9-4-3-8-2-1-7-17-11(8)9/h1-2,7,9-10,18H,3-6,16H2. The number of hydrogen-bond acceptors (Lipinski definition) is 3. The molecule has 3 nitrogen and oxygen atoms in total. The molecule has 0 radical (unpaired) electrons. The van der Waals surface area contributed by atoms with Gasteiger partial charge in [-0.25, -0.2) is 0 Å². The lowest BCUT2D eigenvalue weighted by molar-refractivity contribution is -0.136. The lowest BCUT2D eigenvalue weighted by Crippen LogP contribution is -2.40. The summed E-state index contributed by atoms with van der Waals surface area (Å²) in [5.74, 6) is 5.37. The van der Waals surface area contributed by atoms with Crippen LogP contribution in [0.1, 0.15) is 36.4 Å². The summed E-state index contributed by atoms with van der Waals surface area (Å²) >= 11 is 0. The fourth-order valence-corrected chi connectivity index (χ4v) is 2.56. The second-order valence-corrected chi connectivity index (χ2v) is 4.62. The fraction of sp³-hybridized carbons (Fsp3) is 0.583. The molecule has 6 heteroatoms. The Morgan fingerprint density at radius 3 is 2.94 bits per heavy atom. The molecule has 0 bridgehead atoms. The first-order valence-corrected chi connectivity index (χ1v) is 5.98. The van der Waals surface area contributed by atoms with Crippen LogP contribution in [0.15, 0.2) is 18.3 Å². The first-order valence-electron chi connectivity index (χ1n) is 5.98. The summed E-state index contributed by atoms with van der Waals surface area (Å²) in [6.45, 7) is 0. The zero-order valence-corrected chi connectivity index (χ0v) is 9.87. The minimum Gasteiger partial charge on any atom is -0.271 e. The highest BCUT2D eigenvalue weighted by Crippen LogP contribution is 2.36. The number of nitrogens with one attached hydrogen (secondary N) is 1. The Kier molecular flexibility index (Phi) is 3.87. The minimum absolute atomic E-state index is 0.0132. The Hall–Kier alpha value is -1.14. The van der Waals surface area contributed by atoms with E-state index >= 15 is 0 Å². The molecule has 2 unspecified atom stereocenters. The van der Waals surface area contributed by atoms with Crippen molar-refractivity contribution in [3.63, 3.8) is 0 Å². The van der Waals surface area contributed by atoms with E-state index in [0.29, 0.717) is 0 Å². The summed E-state index contributed by atoms with van der Waals surface area (Å²) in [7, 11) is 0. The van der Waals surface area contributed by atoms with Gasteiger partial charge in [0.15, 0.2) is 0 Å². The Balaban J connectivity index is 2.06. The summed E-state index contributed by atoms with van der Waals surface area (Å²) in [6.07, 6.45) is -1.63. The third kappa shape index (κ3) is 3.00. The van der Waals surface area contributed by atoms with Gasteiger partial charge in [-0.2, -0.15) is 13.2 Å². The van der Waals surface area contributed by atoms with Crippen LogP contribution < -0.4 is 11.3 Å². The number of fused-ring (bicyclic) bond motifs is 1. The topological polar surface area (TPSA) is 50.9 Å². The van der Waals surface area contributed by atoms with E-state index in [0.717, 1.165) is 24.1 Å². The van der Waals surface area contributed by atoms with Crippen molar-refractivity contribution in [3.8, 4) is 0 Å². The van der Waals surface area contributed by atoms with Crippen LogP contribution in [-0.4, -0.2) is 17.2 Å². The number of halogens is 3. The molecule has 0 spiro atoms. The highest BCUT2D eigenvalue weighted by molar-refractivity contribution is 5.29. The van der Waals surface area contributed by atoms with Crippen molar-refractivity contribution >= 4 is 0 Å². The summed E-state index contributed by atoms with van der Waals surface area (Å²) in [5.41, 5.74) is 4.53. The van der Waals surface area contributed by atoms with Gasteiger partial charge >= 0.3 is 6.18 Å². The van der Waals surface area contributed by atoms with Crippen LogP contribution in [0, 0.1) is 0 Å². The van der Waals surface area contributed by atoms with Crippen molar-refractivity contribution in [1.82, 2.24) is 10.4 Å². The number of nitrogens with zero attached hydrogens (tertiary/aromatic N) is 1. The van der Waals surface area contributed by atoms with E-state index in [-0.39, 0.29) is 18.4 Å². The van der Waals surface area contributed by atoms with Crippen molar-refractivity contribution in [1.29, 1.82) is 0 Å². The molecule has 1 aliphatic rings. The predicted molar refractivity (Wildman–Crippen MR) is 61.7 cm³/mol. The molecule has 1 aromatic rings. The molecular weight excluding hydrogens is 243 g/mol. The average molecular weight is 259 g/mol. The van der Waals surface area contributed by atoms with Crippen molar-refractivity contribution in [2.45, 2.75) is 43.8 Å². The van der Waals surface area contributed by atoms with E-state index < -0.39 is 12.6 Å². The number of rotatable bonds is 4. The molecule has 0 fully saturated rings. The predicted octanol–water partition coefficient (Wildman–Crippen LogP) is 2.29. The number of aryl methyl sites for hydroxylation is 1. The van der Waals surface area contributed by atoms with E-state index in [4.69, 9.17) is 5.84 Å². The van der Waals surface area contributed by atoms with Gasteiger partial charge in [0, 0.05) is 30.3 Å². The maximum atomic E-state index is 12.3. The van der Waals surface area contributed by atoms with Crippen LogP contribution in [0.25, 0.3) is 0 Å². The number of hydrazine groups is 1. The van der Waals surface area contributed by atoms with E-state index in [1.165, 1.54) is 0 Å². The van der Waals surface area contributed by atoms with Crippen molar-refractivity contribution < 1.29 is 13.2 Å². The molecule has 1 aliphatic carbocycles. The molecule has 0 amide bonds. The average Bonchev–Trinajstić information content (AvgIpc) is 2.73. The molecule has 100 valence electrons. The summed E-state index contributed by atoms with van der Waals surface area (Å²) < 4.78 is 36.8. The quantitative estimate of drug-likeness (QED) is 0.644. The maximum Gasteiger partial charge on any atom is 0.389 e. The lowest BCUT2D eigenvalue weighted by Gasteiger charge is -2.23. The van der Waals surface area contributed by atoms with Crippen LogP contribution in [0.5, 0.6) is 0 Å². The number of hydrogen-bond donors (Lipinski definition) is 2. The Labute approximate surface area is 104 Å². The smallest absolute Gasteiger partial charge is 0.271 e. The van der Waals surface area contributed by atoms with Gasteiger partial charge in [-0.05, 0) is 30.9 Å². The maximum absolute atomic E-state index is 12.3. The minimum atomic E-state index is -4.14. The van der Waals surface area contributed by atoms with Crippen molar-refractivity contribution in [2.24, 2.45) is 5.84 Å². The zero-order valence-electron chi connectivity index (χ0n) is 9.87. The fourth-order valence-electron chi connectivity index (χ4n) is 2.56. The summed E-state index contributed by atoms with van der Waals surface area (Å²) in [5, 5.41) is 0. The van der Waals surface area contributed by atoms with Gasteiger partial charge < -0.3 is 0 Å². The van der Waals surface area contributed by atoms with Crippen LogP contribution in [0.2, 0.25) is 0 Å². The number of nitrogens with two attached hydrogens (primary N) is 1. The molecule has 1 heterocycles. The Bertz CT molecular complexity index is 406. The Morgan fingerprint density at radius 2 is 2.28 bits per heavy atom. The highest BCUT2D eigenvalue weighted by atomic mass is 19.4. The molecule has 0 saturated heterocycles. The van der Waals surface area contributed by atoms with Gasteiger partial charge in [0.1, 0.15) is 0 Å². The molecule has 3 N–H and O–H groups in total. The molecule has 0 saturated carbocycles. The van der Waals surface area contributed by atoms with Gasteiger partial charge in [-0.15, -0.1) is 0 Å². The molecule has 1 aromatic heterocycles. The SMILES string of the molecule is NNC(CCC(F)(F)F)C1CCc2cccnc21. The summed E-state index contributed by atoms with van der Waals surface area (Å²) in [6, 6.07) is 3.45. The van der Waals surface area contributed by atoms with E-state index in [9.17, 15) is 13.2 Å². The number of alkyl halides is 3. The number of pyridine rings is 1. The molecule has 0 aromatic carbocycles. The largest absolute Gasteiger partial charge is 0.389 e. The molecule has 18 heavy (non-hydrogen) atoms. The molecule has 2 rings (SSSR count). The van der Waals surface area contributed by atoms with Crippen LogP contribution >= 0.6 is 0 Å². The molecule has 0 aliphatic heterocycles. The highest BCUT2D eigenvalue weighted by Gasteiger charge is 2.34. The van der Waals surface area contributed by atoms with Gasteiger partial charge in [0.25, 0.3) is 0 Å². The van der Waals surface area contributed by atoms with Crippen LogP contribution in [0.4, 0.5) is 13.2 Å². The zero-order chi connectivity index (χ0) is 13.2. The second kappa shape index (κ2) is 5.24. The number of aromatic nitrogens is 1. The van der Waals surface area contributed by atoms with Gasteiger partial charge in [0.05, 0.1) is 0 Å². The normalized spacial score (nSPS) is 20.8.